The van der Waals surface area contributed by atoms with Gasteiger partial charge in [0.2, 0.25) is 0 Å². The van der Waals surface area contributed by atoms with Crippen LogP contribution in [0.25, 0.3) is 0 Å². The van der Waals surface area contributed by atoms with Gasteiger partial charge in [0.1, 0.15) is 30.0 Å². The maximum absolute atomic E-state index is 12.4. The molecule has 2 atom stereocenters. The van der Waals surface area contributed by atoms with E-state index in [9.17, 15) is 19.6 Å². The summed E-state index contributed by atoms with van der Waals surface area (Å²) in [5, 5.41) is 9.61. The number of carbonyl (C=O) groups is 3. The monoisotopic (exact) mass is 369 g/mol. The molecule has 0 aromatic heterocycles. The molecule has 0 amide bonds. The maximum atomic E-state index is 12.4. The quantitative estimate of drug-likeness (QED) is 0.584. The van der Waals surface area contributed by atoms with Crippen LogP contribution < -0.4 is 4.74 Å². The largest absolute Gasteiger partial charge is 0.486 e. The summed E-state index contributed by atoms with van der Waals surface area (Å²) in [4.78, 5) is 35.8. The van der Waals surface area contributed by atoms with E-state index in [4.69, 9.17) is 32.7 Å². The zero-order chi connectivity index (χ0) is 17.9. The number of halogens is 2. The van der Waals surface area contributed by atoms with Crippen LogP contribution in [0, 0.1) is 17.2 Å². The number of benzene rings is 1. The van der Waals surface area contributed by atoms with Gasteiger partial charge in [-0.3, -0.25) is 14.4 Å². The van der Waals surface area contributed by atoms with Gasteiger partial charge in [-0.15, -0.1) is 0 Å². The number of nitriles is 1. The van der Waals surface area contributed by atoms with E-state index < -0.39 is 36.0 Å². The molecule has 1 aliphatic rings. The normalized spacial score (nSPS) is 19.0. The smallest absolute Gasteiger partial charge is 0.313 e. The fraction of sp³-hybridized carbons (Fsp3) is 0.375. The van der Waals surface area contributed by atoms with Gasteiger partial charge in [0, 0.05) is 11.4 Å². The Balaban J connectivity index is 2.22. The van der Waals surface area contributed by atoms with Crippen molar-refractivity contribution in [1.29, 1.82) is 5.26 Å². The van der Waals surface area contributed by atoms with Gasteiger partial charge in [-0.2, -0.15) is 5.26 Å². The molecule has 1 aromatic rings. The zero-order valence-corrected chi connectivity index (χ0v) is 14.2. The van der Waals surface area contributed by atoms with E-state index in [1.807, 2.05) is 6.07 Å². The predicted molar refractivity (Wildman–Crippen MR) is 85.2 cm³/mol. The van der Waals surface area contributed by atoms with Gasteiger partial charge in [-0.05, 0) is 19.1 Å². The van der Waals surface area contributed by atoms with E-state index >= 15 is 0 Å². The second-order valence-corrected chi connectivity index (χ2v) is 5.96. The molecule has 1 heterocycles. The third kappa shape index (κ3) is 3.86. The SMILES string of the molecule is CCOC(=O)CC(=O)CC1Oc2c(Cl)cc(Cl)cc2C(=O)C1C#N. The summed E-state index contributed by atoms with van der Waals surface area (Å²) in [6, 6.07) is 4.61. The Labute approximate surface area is 148 Å². The van der Waals surface area contributed by atoms with E-state index in [-0.39, 0.29) is 34.4 Å². The lowest BCUT2D eigenvalue weighted by molar-refractivity contribution is -0.145. The van der Waals surface area contributed by atoms with E-state index in [2.05, 4.69) is 0 Å². The first-order chi connectivity index (χ1) is 11.4. The lowest BCUT2D eigenvalue weighted by Gasteiger charge is -2.29. The van der Waals surface area contributed by atoms with Crippen LogP contribution in [0.5, 0.6) is 5.75 Å². The summed E-state index contributed by atoms with van der Waals surface area (Å²) in [5.41, 5.74) is 0.105. The van der Waals surface area contributed by atoms with Gasteiger partial charge in [-0.25, -0.2) is 0 Å². The lowest BCUT2D eigenvalue weighted by Crippen LogP contribution is -2.38. The van der Waals surface area contributed by atoms with Crippen molar-refractivity contribution >= 4 is 40.7 Å². The van der Waals surface area contributed by atoms with Crippen LogP contribution in [0.2, 0.25) is 10.0 Å². The fourth-order valence-electron chi connectivity index (χ4n) is 2.39. The Morgan fingerprint density at radius 2 is 2.08 bits per heavy atom. The molecule has 24 heavy (non-hydrogen) atoms. The Morgan fingerprint density at radius 3 is 2.71 bits per heavy atom. The van der Waals surface area contributed by atoms with Crippen LogP contribution in [-0.2, 0) is 14.3 Å². The van der Waals surface area contributed by atoms with Crippen LogP contribution in [0.1, 0.15) is 30.1 Å². The molecule has 0 bridgehead atoms. The summed E-state index contributed by atoms with van der Waals surface area (Å²) in [6.07, 6.45) is -1.74. The molecule has 0 saturated carbocycles. The first kappa shape index (κ1) is 18.2. The van der Waals surface area contributed by atoms with Crippen LogP contribution in [-0.4, -0.2) is 30.2 Å². The molecule has 0 radical (unpaired) electrons. The molecular formula is C16H13Cl2NO5. The summed E-state index contributed by atoms with van der Waals surface area (Å²) >= 11 is 11.9. The first-order valence-corrected chi connectivity index (χ1v) is 7.89. The summed E-state index contributed by atoms with van der Waals surface area (Å²) < 4.78 is 10.3. The van der Waals surface area contributed by atoms with Gasteiger partial charge in [0.05, 0.1) is 23.3 Å². The average molecular weight is 370 g/mol. The number of fused-ring (bicyclic) bond motifs is 1. The van der Waals surface area contributed by atoms with Crippen molar-refractivity contribution in [3.63, 3.8) is 0 Å². The van der Waals surface area contributed by atoms with Crippen LogP contribution >= 0.6 is 23.2 Å². The number of Topliss-reactive ketones (excluding diaryl/α,β-unsaturated/α-hetero) is 2. The molecule has 2 unspecified atom stereocenters. The molecule has 8 heteroatoms. The second kappa shape index (κ2) is 7.65. The van der Waals surface area contributed by atoms with Crippen molar-refractivity contribution in [2.24, 2.45) is 5.92 Å². The minimum atomic E-state index is -1.18. The molecule has 1 aromatic carbocycles. The third-order valence-corrected chi connectivity index (χ3v) is 3.91. The summed E-state index contributed by atoms with van der Waals surface area (Å²) in [5.74, 6) is -2.76. The highest BCUT2D eigenvalue weighted by molar-refractivity contribution is 6.36. The van der Waals surface area contributed by atoms with Gasteiger partial charge in [0.15, 0.2) is 5.78 Å². The van der Waals surface area contributed by atoms with Crippen molar-refractivity contribution in [2.45, 2.75) is 25.9 Å². The van der Waals surface area contributed by atoms with Crippen LogP contribution in [0.3, 0.4) is 0 Å². The molecule has 0 N–H and O–H groups in total. The Kier molecular flexibility index (Phi) is 5.81. The Hall–Kier alpha value is -2.10. The third-order valence-electron chi connectivity index (χ3n) is 3.41. The molecule has 0 fully saturated rings. The van der Waals surface area contributed by atoms with E-state index in [1.165, 1.54) is 12.1 Å². The molecular weight excluding hydrogens is 357 g/mol. The number of hydrogen-bond acceptors (Lipinski definition) is 6. The van der Waals surface area contributed by atoms with Crippen molar-refractivity contribution in [3.05, 3.63) is 27.7 Å². The molecule has 6 nitrogen and oxygen atoms in total. The highest BCUT2D eigenvalue weighted by Gasteiger charge is 2.40. The Bertz CT molecular complexity index is 741. The lowest BCUT2D eigenvalue weighted by atomic mass is 9.87. The predicted octanol–water partition coefficient (Wildman–Crippen LogP) is 2.99. The molecule has 0 spiro atoms. The number of hydrogen-bond donors (Lipinski definition) is 0. The minimum absolute atomic E-state index is 0.0894. The minimum Gasteiger partial charge on any atom is -0.486 e. The Morgan fingerprint density at radius 1 is 1.38 bits per heavy atom. The second-order valence-electron chi connectivity index (χ2n) is 5.12. The van der Waals surface area contributed by atoms with Gasteiger partial charge in [0.25, 0.3) is 0 Å². The maximum Gasteiger partial charge on any atom is 0.313 e. The average Bonchev–Trinajstić information content (AvgIpc) is 2.49. The molecule has 126 valence electrons. The van der Waals surface area contributed by atoms with Gasteiger partial charge in [-0.1, -0.05) is 23.2 Å². The number of rotatable bonds is 5. The first-order valence-electron chi connectivity index (χ1n) is 7.14. The summed E-state index contributed by atoms with van der Waals surface area (Å²) in [6.45, 7) is 1.79. The molecule has 0 saturated heterocycles. The summed E-state index contributed by atoms with van der Waals surface area (Å²) in [7, 11) is 0. The molecule has 0 aliphatic carbocycles. The highest BCUT2D eigenvalue weighted by Crippen LogP contribution is 2.39. The van der Waals surface area contributed by atoms with E-state index in [1.54, 1.807) is 6.92 Å². The molecule has 2 rings (SSSR count). The number of nitrogens with zero attached hydrogens (tertiary/aromatic N) is 1. The highest BCUT2D eigenvalue weighted by atomic mass is 35.5. The van der Waals surface area contributed by atoms with Crippen molar-refractivity contribution in [3.8, 4) is 11.8 Å². The number of esters is 1. The standard InChI is InChI=1S/C16H13Cl2NO5/c1-2-23-14(21)6-9(20)5-13-11(7-19)15(22)10-3-8(17)4-12(18)16(10)24-13/h3-4,11,13H,2,5-6H2,1H3. The number of ether oxygens (including phenoxy) is 2. The van der Waals surface area contributed by atoms with Crippen LogP contribution in [0.4, 0.5) is 0 Å². The van der Waals surface area contributed by atoms with Crippen molar-refractivity contribution in [2.75, 3.05) is 6.61 Å². The van der Waals surface area contributed by atoms with Gasteiger partial charge < -0.3 is 9.47 Å². The van der Waals surface area contributed by atoms with Crippen molar-refractivity contribution in [1.82, 2.24) is 0 Å². The van der Waals surface area contributed by atoms with E-state index in [0.29, 0.717) is 0 Å². The zero-order valence-electron chi connectivity index (χ0n) is 12.7. The topological polar surface area (TPSA) is 93.5 Å². The van der Waals surface area contributed by atoms with Crippen molar-refractivity contribution < 1.29 is 23.9 Å². The van der Waals surface area contributed by atoms with Gasteiger partial charge >= 0.3 is 5.97 Å². The van der Waals surface area contributed by atoms with E-state index in [0.717, 1.165) is 0 Å². The molecule has 1 aliphatic heterocycles. The van der Waals surface area contributed by atoms with Crippen LogP contribution in [0.15, 0.2) is 12.1 Å². The number of carbonyl (C=O) groups excluding carboxylic acids is 3. The number of ketones is 2. The fourth-order valence-corrected chi connectivity index (χ4v) is 2.93.